The van der Waals surface area contributed by atoms with Crippen LogP contribution >= 0.6 is 11.3 Å². The average molecular weight is 418 g/mol. The van der Waals surface area contributed by atoms with Crippen LogP contribution in [0.4, 0.5) is 11.5 Å². The molecule has 0 amide bonds. The number of aryl methyl sites for hydroxylation is 2. The molecule has 0 aliphatic carbocycles. The number of fused-ring (bicyclic) bond motifs is 1. The van der Waals surface area contributed by atoms with Crippen LogP contribution < -0.4 is 5.32 Å². The molecule has 0 spiro atoms. The van der Waals surface area contributed by atoms with Gasteiger partial charge in [-0.1, -0.05) is 0 Å². The summed E-state index contributed by atoms with van der Waals surface area (Å²) in [4.78, 5) is 13.3. The fourth-order valence-corrected chi connectivity index (χ4v) is 5.72. The highest BCUT2D eigenvalue weighted by Crippen LogP contribution is 2.33. The zero-order chi connectivity index (χ0) is 19.9. The van der Waals surface area contributed by atoms with E-state index in [1.54, 1.807) is 46.2 Å². The Balaban J connectivity index is 1.58. The first-order valence-electron chi connectivity index (χ1n) is 9.13. The van der Waals surface area contributed by atoms with E-state index in [1.807, 2.05) is 7.05 Å². The van der Waals surface area contributed by atoms with Crippen molar-refractivity contribution < 1.29 is 8.42 Å². The van der Waals surface area contributed by atoms with E-state index in [2.05, 4.69) is 34.0 Å². The van der Waals surface area contributed by atoms with Gasteiger partial charge in [-0.05, 0) is 50.7 Å². The maximum atomic E-state index is 12.9. The van der Waals surface area contributed by atoms with Crippen LogP contribution in [0.3, 0.4) is 0 Å². The molecule has 3 aromatic rings. The van der Waals surface area contributed by atoms with E-state index in [-0.39, 0.29) is 0 Å². The summed E-state index contributed by atoms with van der Waals surface area (Å²) in [5.41, 5.74) is 1.96. The van der Waals surface area contributed by atoms with E-state index in [1.165, 1.54) is 4.88 Å². The number of piperazine rings is 1. The number of likely N-dealkylation sites (N-methyl/N-ethyl adjacent to an activating group) is 1. The summed E-state index contributed by atoms with van der Waals surface area (Å²) < 4.78 is 27.3. The third-order valence-electron chi connectivity index (χ3n) is 5.18. The van der Waals surface area contributed by atoms with Gasteiger partial charge in [0.25, 0.3) is 0 Å². The molecule has 1 aliphatic heterocycles. The van der Waals surface area contributed by atoms with Crippen molar-refractivity contribution in [3.05, 3.63) is 41.0 Å². The van der Waals surface area contributed by atoms with Gasteiger partial charge in [-0.3, -0.25) is 0 Å². The lowest BCUT2D eigenvalue weighted by Crippen LogP contribution is -2.46. The molecule has 0 bridgehead atoms. The van der Waals surface area contributed by atoms with Gasteiger partial charge >= 0.3 is 0 Å². The van der Waals surface area contributed by atoms with Gasteiger partial charge in [0.1, 0.15) is 17.0 Å². The molecule has 0 atom stereocenters. The van der Waals surface area contributed by atoms with Crippen LogP contribution in [0.1, 0.15) is 10.4 Å². The molecular formula is C19H23N5O2S2. The van der Waals surface area contributed by atoms with E-state index in [9.17, 15) is 8.42 Å². The molecule has 2 aromatic heterocycles. The quantitative estimate of drug-likeness (QED) is 0.703. The van der Waals surface area contributed by atoms with E-state index in [0.29, 0.717) is 18.0 Å². The van der Waals surface area contributed by atoms with Gasteiger partial charge in [0.05, 0.1) is 10.3 Å². The van der Waals surface area contributed by atoms with E-state index >= 15 is 0 Å². The van der Waals surface area contributed by atoms with Crippen molar-refractivity contribution >= 4 is 43.1 Å². The molecule has 4 rings (SSSR count). The van der Waals surface area contributed by atoms with Crippen LogP contribution in [-0.4, -0.2) is 60.8 Å². The van der Waals surface area contributed by atoms with Crippen molar-refractivity contribution in [2.45, 2.75) is 18.7 Å². The second kappa shape index (κ2) is 7.40. The number of nitrogens with one attached hydrogen (secondary N) is 1. The molecule has 1 N–H and O–H groups in total. The second-order valence-corrected chi connectivity index (χ2v) is 10.2. The molecule has 0 saturated carbocycles. The standard InChI is InChI=1S/C19H23N5O2S2/c1-13-14(2)27-19-17(13)18(20-12-21-19)22-15-4-6-16(7-5-15)28(25,26)24-10-8-23(3)9-11-24/h4-7,12H,8-11H2,1-3H3,(H,20,21,22). The SMILES string of the molecule is Cc1sc2ncnc(Nc3ccc(S(=O)(=O)N4CCN(C)CC4)cc3)c2c1C. The zero-order valence-corrected chi connectivity index (χ0v) is 17.8. The third-order valence-corrected chi connectivity index (χ3v) is 8.21. The van der Waals surface area contributed by atoms with Gasteiger partial charge in [-0.15, -0.1) is 11.3 Å². The second-order valence-electron chi connectivity index (χ2n) is 7.04. The minimum atomic E-state index is -3.46. The molecule has 28 heavy (non-hydrogen) atoms. The molecule has 3 heterocycles. The summed E-state index contributed by atoms with van der Waals surface area (Å²) in [5.74, 6) is 0.738. The number of nitrogens with zero attached hydrogens (tertiary/aromatic N) is 4. The summed E-state index contributed by atoms with van der Waals surface area (Å²) in [7, 11) is -1.45. The summed E-state index contributed by atoms with van der Waals surface area (Å²) in [5, 5.41) is 4.32. The normalized spacial score (nSPS) is 16.5. The van der Waals surface area contributed by atoms with Crippen LogP contribution in [0.15, 0.2) is 35.5 Å². The predicted molar refractivity (Wildman–Crippen MR) is 113 cm³/mol. The van der Waals surface area contributed by atoms with Crippen LogP contribution in [0.2, 0.25) is 0 Å². The molecular weight excluding hydrogens is 394 g/mol. The Kier molecular flexibility index (Phi) is 5.09. The molecule has 0 radical (unpaired) electrons. The number of aromatic nitrogens is 2. The van der Waals surface area contributed by atoms with Crippen molar-refractivity contribution in [1.82, 2.24) is 19.2 Å². The largest absolute Gasteiger partial charge is 0.340 e. The van der Waals surface area contributed by atoms with Gasteiger partial charge in [0.2, 0.25) is 10.0 Å². The first-order valence-corrected chi connectivity index (χ1v) is 11.4. The van der Waals surface area contributed by atoms with Crippen LogP contribution in [0.25, 0.3) is 10.2 Å². The first-order chi connectivity index (χ1) is 13.4. The Bertz CT molecular complexity index is 1100. The van der Waals surface area contributed by atoms with E-state index < -0.39 is 10.0 Å². The number of hydrogen-bond acceptors (Lipinski definition) is 7. The van der Waals surface area contributed by atoms with Crippen molar-refractivity contribution in [2.24, 2.45) is 0 Å². The Hall–Kier alpha value is -2.07. The Morgan fingerprint density at radius 3 is 2.39 bits per heavy atom. The monoisotopic (exact) mass is 417 g/mol. The predicted octanol–water partition coefficient (Wildman–Crippen LogP) is 2.99. The molecule has 7 nitrogen and oxygen atoms in total. The average Bonchev–Trinajstić information content (AvgIpc) is 2.97. The lowest BCUT2D eigenvalue weighted by Gasteiger charge is -2.31. The number of hydrogen-bond donors (Lipinski definition) is 1. The molecule has 9 heteroatoms. The summed E-state index contributed by atoms with van der Waals surface area (Å²) in [6, 6.07) is 6.87. The third kappa shape index (κ3) is 3.50. The maximum absolute atomic E-state index is 12.9. The van der Waals surface area contributed by atoms with E-state index in [0.717, 1.165) is 40.4 Å². The van der Waals surface area contributed by atoms with Crippen molar-refractivity contribution in [3.8, 4) is 0 Å². The topological polar surface area (TPSA) is 78.4 Å². The van der Waals surface area contributed by atoms with Gasteiger partial charge in [-0.2, -0.15) is 4.31 Å². The highest BCUT2D eigenvalue weighted by molar-refractivity contribution is 7.89. The minimum absolute atomic E-state index is 0.318. The maximum Gasteiger partial charge on any atom is 0.243 e. The van der Waals surface area contributed by atoms with Crippen LogP contribution in [-0.2, 0) is 10.0 Å². The van der Waals surface area contributed by atoms with Crippen LogP contribution in [0.5, 0.6) is 0 Å². The molecule has 1 fully saturated rings. The fourth-order valence-electron chi connectivity index (χ4n) is 3.30. The molecule has 1 aromatic carbocycles. The number of benzene rings is 1. The van der Waals surface area contributed by atoms with Crippen molar-refractivity contribution in [1.29, 1.82) is 0 Å². The van der Waals surface area contributed by atoms with Gasteiger partial charge in [0.15, 0.2) is 0 Å². The number of thiophene rings is 1. The van der Waals surface area contributed by atoms with Gasteiger partial charge in [-0.25, -0.2) is 18.4 Å². The summed E-state index contributed by atoms with van der Waals surface area (Å²) >= 11 is 1.65. The Morgan fingerprint density at radius 1 is 1.04 bits per heavy atom. The van der Waals surface area contributed by atoms with Gasteiger partial charge < -0.3 is 10.2 Å². The van der Waals surface area contributed by atoms with E-state index in [4.69, 9.17) is 0 Å². The number of sulfonamides is 1. The molecule has 148 valence electrons. The summed E-state index contributed by atoms with van der Waals surface area (Å²) in [6.45, 7) is 6.69. The highest BCUT2D eigenvalue weighted by atomic mass is 32.2. The number of rotatable bonds is 4. The molecule has 0 unspecified atom stereocenters. The number of anilines is 2. The molecule has 1 saturated heterocycles. The summed E-state index contributed by atoms with van der Waals surface area (Å²) in [6.07, 6.45) is 1.55. The molecule has 1 aliphatic rings. The fraction of sp³-hybridized carbons (Fsp3) is 0.368. The lowest BCUT2D eigenvalue weighted by atomic mass is 10.2. The lowest BCUT2D eigenvalue weighted by molar-refractivity contribution is 0.222. The highest BCUT2D eigenvalue weighted by Gasteiger charge is 2.27. The Morgan fingerprint density at radius 2 is 1.71 bits per heavy atom. The van der Waals surface area contributed by atoms with Crippen molar-refractivity contribution in [2.75, 3.05) is 38.5 Å². The van der Waals surface area contributed by atoms with Crippen molar-refractivity contribution in [3.63, 3.8) is 0 Å². The first kappa shape index (κ1) is 19.3. The minimum Gasteiger partial charge on any atom is -0.340 e. The Labute approximate surface area is 169 Å². The van der Waals surface area contributed by atoms with Gasteiger partial charge in [0, 0.05) is 36.7 Å². The van der Waals surface area contributed by atoms with Crippen LogP contribution in [0, 0.1) is 13.8 Å². The zero-order valence-electron chi connectivity index (χ0n) is 16.1. The smallest absolute Gasteiger partial charge is 0.243 e.